The summed E-state index contributed by atoms with van der Waals surface area (Å²) in [4.78, 5) is 19.1. The Labute approximate surface area is 165 Å². The molecular formula is C20H17ClFN3OS. The van der Waals surface area contributed by atoms with Crippen LogP contribution in [0.15, 0.2) is 47.8 Å². The van der Waals surface area contributed by atoms with Crippen LogP contribution < -0.4 is 5.32 Å². The van der Waals surface area contributed by atoms with Crippen LogP contribution in [0, 0.1) is 5.82 Å². The van der Waals surface area contributed by atoms with Crippen molar-refractivity contribution in [1.82, 2.24) is 9.88 Å². The predicted molar refractivity (Wildman–Crippen MR) is 106 cm³/mol. The van der Waals surface area contributed by atoms with Crippen molar-refractivity contribution in [3.63, 3.8) is 0 Å². The first-order valence-corrected chi connectivity index (χ1v) is 9.85. The summed E-state index contributed by atoms with van der Waals surface area (Å²) < 4.78 is 13.9. The van der Waals surface area contributed by atoms with Gasteiger partial charge in [0.05, 0.1) is 16.3 Å². The van der Waals surface area contributed by atoms with E-state index < -0.39 is 11.7 Å². The second-order valence-corrected chi connectivity index (χ2v) is 7.69. The number of carbonyl (C=O) groups is 1. The molecule has 4 rings (SSSR count). The zero-order valence-corrected chi connectivity index (χ0v) is 16.0. The van der Waals surface area contributed by atoms with E-state index in [-0.39, 0.29) is 10.6 Å². The molecule has 1 aliphatic heterocycles. The molecule has 0 radical (unpaired) electrons. The van der Waals surface area contributed by atoms with E-state index in [1.54, 1.807) is 0 Å². The predicted octanol–water partition coefficient (Wildman–Crippen LogP) is 4.75. The van der Waals surface area contributed by atoms with E-state index in [0.717, 1.165) is 25.2 Å². The molecule has 0 atom stereocenters. The van der Waals surface area contributed by atoms with Crippen LogP contribution in [0.5, 0.6) is 0 Å². The molecule has 2 heterocycles. The lowest BCUT2D eigenvalue weighted by Gasteiger charge is -2.27. The minimum atomic E-state index is -0.649. The molecule has 1 aromatic heterocycles. The Balaban J connectivity index is 1.41. The maximum absolute atomic E-state index is 13.9. The smallest absolute Gasteiger partial charge is 0.261 e. The quantitative estimate of drug-likeness (QED) is 0.686. The van der Waals surface area contributed by atoms with Gasteiger partial charge in [0.25, 0.3) is 5.91 Å². The Morgan fingerprint density at radius 3 is 2.85 bits per heavy atom. The Bertz CT molecular complexity index is 971. The van der Waals surface area contributed by atoms with Crippen LogP contribution in [0.2, 0.25) is 5.02 Å². The maximum Gasteiger partial charge on any atom is 0.261 e. The number of nitrogens with one attached hydrogen (secondary N) is 1. The van der Waals surface area contributed by atoms with E-state index in [9.17, 15) is 9.18 Å². The van der Waals surface area contributed by atoms with Crippen LogP contribution >= 0.6 is 22.9 Å². The zero-order valence-electron chi connectivity index (χ0n) is 14.4. The highest BCUT2D eigenvalue weighted by Crippen LogP contribution is 2.24. The summed E-state index contributed by atoms with van der Waals surface area (Å²) in [5.74, 6) is -1.24. The van der Waals surface area contributed by atoms with Crippen LogP contribution in [0.25, 0.3) is 0 Å². The molecule has 0 aliphatic carbocycles. The van der Waals surface area contributed by atoms with E-state index in [1.165, 1.54) is 40.7 Å². The molecule has 0 unspecified atom stereocenters. The molecule has 3 aromatic rings. The number of benzene rings is 2. The highest BCUT2D eigenvalue weighted by atomic mass is 35.5. The van der Waals surface area contributed by atoms with Crippen LogP contribution in [0.3, 0.4) is 0 Å². The minimum Gasteiger partial charge on any atom is -0.298 e. The normalized spacial score (nSPS) is 14.0. The highest BCUT2D eigenvalue weighted by molar-refractivity contribution is 7.14. The van der Waals surface area contributed by atoms with Gasteiger partial charge in [-0.25, -0.2) is 9.37 Å². The summed E-state index contributed by atoms with van der Waals surface area (Å²) in [5, 5.41) is 5.07. The lowest BCUT2D eigenvalue weighted by molar-refractivity contribution is 0.102. The van der Waals surface area contributed by atoms with Crippen LogP contribution in [-0.2, 0) is 19.5 Å². The number of hydrogen-bond donors (Lipinski definition) is 1. The molecule has 1 amide bonds. The van der Waals surface area contributed by atoms with Crippen molar-refractivity contribution in [2.24, 2.45) is 0 Å². The summed E-state index contributed by atoms with van der Waals surface area (Å²) >= 11 is 7.26. The molecule has 2 aromatic carbocycles. The number of rotatable bonds is 4. The summed E-state index contributed by atoms with van der Waals surface area (Å²) in [6.07, 6.45) is 1.02. The Morgan fingerprint density at radius 1 is 1.22 bits per heavy atom. The van der Waals surface area contributed by atoms with E-state index in [2.05, 4.69) is 39.5 Å². The standard InChI is InChI=1S/C20H17ClFN3OS/c21-16-6-3-7-17(22)18(16)19(26)24-20-23-15(12-27-20)11-25-9-8-13-4-1-2-5-14(13)10-25/h1-7,12H,8-11H2,(H,23,24,26). The van der Waals surface area contributed by atoms with Crippen molar-refractivity contribution in [2.75, 3.05) is 11.9 Å². The largest absolute Gasteiger partial charge is 0.298 e. The van der Waals surface area contributed by atoms with Crippen molar-refractivity contribution in [3.8, 4) is 0 Å². The third-order valence-electron chi connectivity index (χ3n) is 4.56. The molecule has 0 saturated heterocycles. The third kappa shape index (κ3) is 4.03. The Hall–Kier alpha value is -2.28. The third-order valence-corrected chi connectivity index (χ3v) is 5.68. The topological polar surface area (TPSA) is 45.2 Å². The van der Waals surface area contributed by atoms with Gasteiger partial charge in [0.2, 0.25) is 0 Å². The average Bonchev–Trinajstić information content (AvgIpc) is 3.08. The van der Waals surface area contributed by atoms with Crippen molar-refractivity contribution in [3.05, 3.63) is 81.1 Å². The van der Waals surface area contributed by atoms with Crippen molar-refractivity contribution >= 4 is 34.0 Å². The Kier molecular flexibility index (Phi) is 5.20. The number of nitrogens with zero attached hydrogens (tertiary/aromatic N) is 2. The average molecular weight is 402 g/mol. The van der Waals surface area contributed by atoms with Crippen molar-refractivity contribution in [2.45, 2.75) is 19.5 Å². The molecule has 27 heavy (non-hydrogen) atoms. The highest BCUT2D eigenvalue weighted by Gasteiger charge is 2.19. The number of thiazole rings is 1. The second kappa shape index (κ2) is 7.76. The number of aromatic nitrogens is 1. The fourth-order valence-corrected chi connectivity index (χ4v) is 4.17. The monoisotopic (exact) mass is 401 g/mol. The molecule has 138 valence electrons. The van der Waals surface area contributed by atoms with Crippen LogP contribution in [0.1, 0.15) is 27.2 Å². The molecule has 0 fully saturated rings. The van der Waals surface area contributed by atoms with Gasteiger partial charge < -0.3 is 0 Å². The van der Waals surface area contributed by atoms with E-state index in [4.69, 9.17) is 11.6 Å². The number of hydrogen-bond acceptors (Lipinski definition) is 4. The van der Waals surface area contributed by atoms with Gasteiger partial charge in [0.1, 0.15) is 5.82 Å². The number of carbonyl (C=O) groups excluding carboxylic acids is 1. The van der Waals surface area contributed by atoms with Gasteiger partial charge in [0.15, 0.2) is 5.13 Å². The van der Waals surface area contributed by atoms with E-state index in [0.29, 0.717) is 11.7 Å². The summed E-state index contributed by atoms with van der Waals surface area (Å²) in [6.45, 7) is 2.57. The van der Waals surface area contributed by atoms with Gasteiger partial charge in [-0.1, -0.05) is 41.9 Å². The number of fused-ring (bicyclic) bond motifs is 1. The number of halogens is 2. The number of amides is 1. The molecule has 0 saturated carbocycles. The first kappa shape index (κ1) is 18.1. The van der Waals surface area contributed by atoms with Gasteiger partial charge in [-0.3, -0.25) is 15.0 Å². The van der Waals surface area contributed by atoms with E-state index >= 15 is 0 Å². The molecule has 1 N–H and O–H groups in total. The molecule has 0 bridgehead atoms. The lowest BCUT2D eigenvalue weighted by atomic mass is 10.00. The van der Waals surface area contributed by atoms with Gasteiger partial charge in [-0.05, 0) is 29.7 Å². The zero-order chi connectivity index (χ0) is 18.8. The van der Waals surface area contributed by atoms with Crippen LogP contribution in [-0.4, -0.2) is 22.3 Å². The van der Waals surface area contributed by atoms with Gasteiger partial charge in [-0.2, -0.15) is 0 Å². The summed E-state index contributed by atoms with van der Waals surface area (Å²) in [5.41, 5.74) is 3.47. The minimum absolute atomic E-state index is 0.0799. The van der Waals surface area contributed by atoms with Crippen LogP contribution in [0.4, 0.5) is 9.52 Å². The van der Waals surface area contributed by atoms with Crippen molar-refractivity contribution < 1.29 is 9.18 Å². The van der Waals surface area contributed by atoms with Gasteiger partial charge in [-0.15, -0.1) is 11.3 Å². The fraction of sp³-hybridized carbons (Fsp3) is 0.200. The molecule has 4 nitrogen and oxygen atoms in total. The maximum atomic E-state index is 13.9. The second-order valence-electron chi connectivity index (χ2n) is 6.42. The molecular weight excluding hydrogens is 385 g/mol. The van der Waals surface area contributed by atoms with Gasteiger partial charge >= 0.3 is 0 Å². The Morgan fingerprint density at radius 2 is 2.04 bits per heavy atom. The lowest BCUT2D eigenvalue weighted by Crippen LogP contribution is -2.30. The first-order valence-electron chi connectivity index (χ1n) is 8.59. The first-order chi connectivity index (χ1) is 13.1. The summed E-state index contributed by atoms with van der Waals surface area (Å²) in [7, 11) is 0. The molecule has 0 spiro atoms. The molecule has 7 heteroatoms. The van der Waals surface area contributed by atoms with Crippen molar-refractivity contribution in [1.29, 1.82) is 0 Å². The SMILES string of the molecule is O=C(Nc1nc(CN2CCc3ccccc3C2)cs1)c1c(F)cccc1Cl. The molecule has 1 aliphatic rings. The van der Waals surface area contributed by atoms with Gasteiger partial charge in [0, 0.05) is 25.0 Å². The summed E-state index contributed by atoms with van der Waals surface area (Å²) in [6, 6.07) is 12.6. The van der Waals surface area contributed by atoms with E-state index in [1.807, 2.05) is 5.38 Å². The number of anilines is 1. The fourth-order valence-electron chi connectivity index (χ4n) is 3.23.